The van der Waals surface area contributed by atoms with Crippen molar-refractivity contribution in [2.75, 3.05) is 19.0 Å². The zero-order chi connectivity index (χ0) is 27.0. The molecule has 2 amide bonds. The monoisotopic (exact) mass is 514 g/mol. The molecule has 1 saturated heterocycles. The van der Waals surface area contributed by atoms with E-state index in [0.717, 1.165) is 22.2 Å². The van der Waals surface area contributed by atoms with E-state index in [1.807, 2.05) is 43.6 Å². The predicted octanol–water partition coefficient (Wildman–Crippen LogP) is 4.65. The van der Waals surface area contributed by atoms with Crippen LogP contribution in [-0.4, -0.2) is 61.9 Å². The molecule has 3 heterocycles. The van der Waals surface area contributed by atoms with Gasteiger partial charge in [-0.15, -0.1) is 0 Å². The van der Waals surface area contributed by atoms with E-state index >= 15 is 0 Å². The van der Waals surface area contributed by atoms with E-state index in [9.17, 15) is 9.59 Å². The number of ether oxygens (including phenoxy) is 2. The fourth-order valence-corrected chi connectivity index (χ4v) is 4.45. The molecule has 4 aromatic rings. The number of fused-ring (bicyclic) bond motifs is 1. The van der Waals surface area contributed by atoms with Gasteiger partial charge >= 0.3 is 6.09 Å². The lowest BCUT2D eigenvalue weighted by atomic mass is 10.0. The van der Waals surface area contributed by atoms with Crippen LogP contribution in [0.4, 0.5) is 10.5 Å². The molecule has 1 aliphatic heterocycles. The van der Waals surface area contributed by atoms with Gasteiger partial charge in [-0.25, -0.2) is 14.8 Å². The third-order valence-electron chi connectivity index (χ3n) is 6.30. The van der Waals surface area contributed by atoms with Crippen molar-refractivity contribution in [3.8, 4) is 28.3 Å². The summed E-state index contributed by atoms with van der Waals surface area (Å²) in [5.74, 6) is 0.137. The highest BCUT2D eigenvalue weighted by Gasteiger charge is 2.40. The fourth-order valence-electron chi connectivity index (χ4n) is 4.45. The predicted molar refractivity (Wildman–Crippen MR) is 144 cm³/mol. The number of carbonyl (C=O) groups excluding carboxylic acids is 2. The molecule has 1 aliphatic rings. The number of aryl methyl sites for hydroxylation is 1. The number of likely N-dealkylation sites (tertiary alicyclic amines) is 1. The van der Waals surface area contributed by atoms with E-state index in [2.05, 4.69) is 20.4 Å². The van der Waals surface area contributed by atoms with Gasteiger partial charge in [0.2, 0.25) is 5.91 Å². The Kier molecular flexibility index (Phi) is 6.48. The van der Waals surface area contributed by atoms with Crippen LogP contribution in [0, 0.1) is 0 Å². The first kappa shape index (κ1) is 25.2. The zero-order valence-electron chi connectivity index (χ0n) is 22.1. The molecule has 5 rings (SSSR count). The van der Waals surface area contributed by atoms with E-state index in [1.54, 1.807) is 37.6 Å². The first-order chi connectivity index (χ1) is 18.1. The van der Waals surface area contributed by atoms with Gasteiger partial charge < -0.3 is 14.8 Å². The van der Waals surface area contributed by atoms with Crippen molar-refractivity contribution in [1.82, 2.24) is 24.6 Å². The average Bonchev–Trinajstić information content (AvgIpc) is 3.23. The largest absolute Gasteiger partial charge is 0.494 e. The second-order valence-corrected chi connectivity index (χ2v) is 10.2. The van der Waals surface area contributed by atoms with E-state index in [1.165, 1.54) is 18.3 Å². The minimum Gasteiger partial charge on any atom is -0.494 e. The molecule has 0 bridgehead atoms. The molecule has 0 aliphatic carbocycles. The number of amides is 2. The summed E-state index contributed by atoms with van der Waals surface area (Å²) in [4.78, 5) is 36.2. The summed E-state index contributed by atoms with van der Waals surface area (Å²) in [7, 11) is 3.40. The summed E-state index contributed by atoms with van der Waals surface area (Å²) in [5, 5.41) is 8.34. The summed E-state index contributed by atoms with van der Waals surface area (Å²) in [6.07, 6.45) is 3.46. The Morgan fingerprint density at radius 1 is 1.08 bits per heavy atom. The zero-order valence-corrected chi connectivity index (χ0v) is 22.1. The number of anilines is 1. The van der Waals surface area contributed by atoms with Crippen LogP contribution in [0.15, 0.2) is 55.0 Å². The number of methoxy groups -OCH3 is 1. The topological polar surface area (TPSA) is 111 Å². The maximum atomic E-state index is 13.2. The molecular weight excluding hydrogens is 484 g/mol. The smallest absolute Gasteiger partial charge is 0.410 e. The van der Waals surface area contributed by atoms with E-state index in [-0.39, 0.29) is 5.91 Å². The molecule has 10 nitrogen and oxygen atoms in total. The van der Waals surface area contributed by atoms with Crippen molar-refractivity contribution < 1.29 is 19.1 Å². The minimum absolute atomic E-state index is 0.315. The van der Waals surface area contributed by atoms with Gasteiger partial charge in [0.15, 0.2) is 0 Å². The van der Waals surface area contributed by atoms with Gasteiger partial charge in [-0.2, -0.15) is 5.10 Å². The third kappa shape index (κ3) is 4.89. The summed E-state index contributed by atoms with van der Waals surface area (Å²) >= 11 is 0. The van der Waals surface area contributed by atoms with Gasteiger partial charge in [-0.1, -0.05) is 30.3 Å². The van der Waals surface area contributed by atoms with Crippen molar-refractivity contribution in [3.05, 3.63) is 55.0 Å². The number of hydrogen-bond donors (Lipinski definition) is 1. The minimum atomic E-state index is -0.642. The molecule has 2 aromatic carbocycles. The lowest BCUT2D eigenvalue weighted by molar-refractivity contribution is -0.125. The second-order valence-electron chi connectivity index (χ2n) is 10.2. The molecule has 38 heavy (non-hydrogen) atoms. The highest BCUT2D eigenvalue weighted by atomic mass is 16.6. The molecule has 1 unspecified atom stereocenters. The van der Waals surface area contributed by atoms with Gasteiger partial charge in [-0.05, 0) is 33.3 Å². The molecule has 196 valence electrons. The molecule has 0 saturated carbocycles. The first-order valence-electron chi connectivity index (χ1n) is 12.4. The van der Waals surface area contributed by atoms with Crippen molar-refractivity contribution in [3.63, 3.8) is 0 Å². The third-order valence-corrected chi connectivity index (χ3v) is 6.30. The second kappa shape index (κ2) is 9.77. The Bertz CT molecular complexity index is 1510. The van der Waals surface area contributed by atoms with Gasteiger partial charge in [0.25, 0.3) is 0 Å². The van der Waals surface area contributed by atoms with E-state index in [0.29, 0.717) is 35.6 Å². The summed E-state index contributed by atoms with van der Waals surface area (Å²) in [6, 6.07) is 12.8. The average molecular weight is 515 g/mol. The number of rotatable bonds is 5. The van der Waals surface area contributed by atoms with Crippen LogP contribution in [0.2, 0.25) is 0 Å². The lowest BCUT2D eigenvalue weighted by Crippen LogP contribution is -2.57. The van der Waals surface area contributed by atoms with Crippen LogP contribution < -0.4 is 10.1 Å². The molecular formula is C28H30N6O4. The van der Waals surface area contributed by atoms with Crippen LogP contribution in [0.25, 0.3) is 33.4 Å². The summed E-state index contributed by atoms with van der Waals surface area (Å²) in [6.45, 7) is 5.85. The maximum Gasteiger partial charge on any atom is 0.410 e. The Morgan fingerprint density at radius 3 is 2.50 bits per heavy atom. The van der Waals surface area contributed by atoms with Crippen molar-refractivity contribution in [2.24, 2.45) is 7.05 Å². The number of aromatic nitrogens is 4. The van der Waals surface area contributed by atoms with Crippen molar-refractivity contribution >= 4 is 28.6 Å². The quantitative estimate of drug-likeness (QED) is 0.412. The summed E-state index contributed by atoms with van der Waals surface area (Å²) < 4.78 is 12.8. The van der Waals surface area contributed by atoms with E-state index < -0.39 is 17.7 Å². The summed E-state index contributed by atoms with van der Waals surface area (Å²) in [5.41, 5.74) is 3.74. The number of hydrogen-bond acceptors (Lipinski definition) is 7. The molecule has 0 radical (unpaired) electrons. The molecule has 1 atom stereocenters. The van der Waals surface area contributed by atoms with Gasteiger partial charge in [0, 0.05) is 42.4 Å². The van der Waals surface area contributed by atoms with Crippen LogP contribution in [0.1, 0.15) is 27.2 Å². The first-order valence-corrected chi connectivity index (χ1v) is 12.4. The van der Waals surface area contributed by atoms with Gasteiger partial charge in [0.05, 0.1) is 24.0 Å². The molecule has 0 spiro atoms. The standard InChI is InChI=1S/C28H30N6O4/c1-28(2,3)38-27(36)34-12-11-22(34)26(35)31-21-13-18-20(14-23(21)37-5)29-16-30-25(18)19-15-33(4)32-24(19)17-9-7-6-8-10-17/h6-10,13-16,22H,11-12H2,1-5H3,(H,31,35). The van der Waals surface area contributed by atoms with Crippen LogP contribution in [0.5, 0.6) is 5.75 Å². The lowest BCUT2D eigenvalue weighted by Gasteiger charge is -2.40. The fraction of sp³-hybridized carbons (Fsp3) is 0.321. The molecule has 2 aromatic heterocycles. The molecule has 10 heteroatoms. The SMILES string of the molecule is COc1cc2ncnc(-c3cn(C)nc3-c3ccccc3)c2cc1NC(=O)C1CCN1C(=O)OC(C)(C)C. The maximum absolute atomic E-state index is 13.2. The highest BCUT2D eigenvalue weighted by Crippen LogP contribution is 2.37. The van der Waals surface area contributed by atoms with E-state index in [4.69, 9.17) is 9.47 Å². The van der Waals surface area contributed by atoms with Crippen LogP contribution in [-0.2, 0) is 16.6 Å². The highest BCUT2D eigenvalue weighted by molar-refractivity contribution is 6.03. The normalized spacial score (nSPS) is 15.2. The molecule has 1 N–H and O–H groups in total. The van der Waals surface area contributed by atoms with Gasteiger partial charge in [0.1, 0.15) is 29.4 Å². The van der Waals surface area contributed by atoms with Crippen LogP contribution in [0.3, 0.4) is 0 Å². The Morgan fingerprint density at radius 2 is 1.84 bits per heavy atom. The van der Waals surface area contributed by atoms with Crippen molar-refractivity contribution in [2.45, 2.75) is 38.8 Å². The molecule has 1 fully saturated rings. The Balaban J connectivity index is 1.50. The Labute approximate surface area is 220 Å². The number of nitrogens with zero attached hydrogens (tertiary/aromatic N) is 5. The number of carbonyl (C=O) groups is 2. The Hall–Kier alpha value is -4.47. The number of benzene rings is 2. The number of nitrogens with one attached hydrogen (secondary N) is 1. The van der Waals surface area contributed by atoms with Crippen molar-refractivity contribution in [1.29, 1.82) is 0 Å². The van der Waals surface area contributed by atoms with Gasteiger partial charge in [-0.3, -0.25) is 14.4 Å². The van der Waals surface area contributed by atoms with Crippen LogP contribution >= 0.6 is 0 Å².